The molecule has 0 amide bonds. The van der Waals surface area contributed by atoms with Gasteiger partial charge >= 0.3 is 0 Å². The van der Waals surface area contributed by atoms with E-state index in [1.807, 2.05) is 24.3 Å². The van der Waals surface area contributed by atoms with Crippen LogP contribution in [0.2, 0.25) is 0 Å². The van der Waals surface area contributed by atoms with Crippen LogP contribution < -0.4 is 0 Å². The van der Waals surface area contributed by atoms with Gasteiger partial charge in [-0.15, -0.1) is 12.4 Å². The Morgan fingerprint density at radius 1 is 1.03 bits per heavy atom. The Labute approximate surface area is 188 Å². The normalized spacial score (nSPS) is 21.4. The Morgan fingerprint density at radius 2 is 1.84 bits per heavy atom. The number of nitro groups is 1. The molecule has 2 aromatic carbocycles. The molecule has 0 aliphatic carbocycles. The first-order chi connectivity index (χ1) is 14.7. The molecule has 0 bridgehead atoms. The minimum atomic E-state index is -0.337. The summed E-state index contributed by atoms with van der Waals surface area (Å²) in [6, 6.07) is 16.1. The molecule has 1 aromatic heterocycles. The van der Waals surface area contributed by atoms with Gasteiger partial charge in [-0.2, -0.15) is 0 Å². The van der Waals surface area contributed by atoms with Crippen molar-refractivity contribution in [3.8, 4) is 0 Å². The number of halogens is 1. The van der Waals surface area contributed by atoms with Crippen molar-refractivity contribution >= 4 is 29.1 Å². The van der Waals surface area contributed by atoms with Gasteiger partial charge in [0.15, 0.2) is 0 Å². The Bertz CT molecular complexity index is 1050. The lowest BCUT2D eigenvalue weighted by Crippen LogP contribution is -2.49. The van der Waals surface area contributed by atoms with Gasteiger partial charge in [-0.25, -0.2) is 4.98 Å². The lowest BCUT2D eigenvalue weighted by atomic mass is 9.83. The van der Waals surface area contributed by atoms with Crippen LogP contribution in [0.25, 0.3) is 11.0 Å². The topological polar surface area (TPSA) is 64.2 Å². The van der Waals surface area contributed by atoms with Crippen molar-refractivity contribution in [2.75, 3.05) is 13.1 Å². The number of nitro benzene ring substituents is 1. The van der Waals surface area contributed by atoms with Crippen molar-refractivity contribution in [3.05, 3.63) is 70.0 Å². The lowest BCUT2D eigenvalue weighted by molar-refractivity contribution is -0.384. The van der Waals surface area contributed by atoms with Crippen LogP contribution in [-0.2, 0) is 13.0 Å². The van der Waals surface area contributed by atoms with Crippen molar-refractivity contribution < 1.29 is 4.92 Å². The number of nitrogens with zero attached hydrogens (tertiary/aromatic N) is 4. The summed E-state index contributed by atoms with van der Waals surface area (Å²) >= 11 is 0. The average Bonchev–Trinajstić information content (AvgIpc) is 3.11. The van der Waals surface area contributed by atoms with Gasteiger partial charge in [0, 0.05) is 31.1 Å². The molecular formula is C24H29ClN4O2. The summed E-state index contributed by atoms with van der Waals surface area (Å²) in [5.41, 5.74) is 3.06. The van der Waals surface area contributed by atoms with Crippen molar-refractivity contribution in [2.24, 2.45) is 5.92 Å². The molecule has 3 aromatic rings. The molecule has 2 aliphatic rings. The van der Waals surface area contributed by atoms with Gasteiger partial charge in [-0.3, -0.25) is 10.1 Å². The van der Waals surface area contributed by atoms with Crippen LogP contribution in [0.15, 0.2) is 48.5 Å². The zero-order valence-electron chi connectivity index (χ0n) is 17.7. The number of hydrogen-bond acceptors (Lipinski definition) is 4. The molecule has 31 heavy (non-hydrogen) atoms. The van der Waals surface area contributed by atoms with Crippen LogP contribution in [0.4, 0.5) is 5.69 Å². The number of rotatable bonds is 5. The lowest BCUT2D eigenvalue weighted by Gasteiger charge is -2.44. The summed E-state index contributed by atoms with van der Waals surface area (Å²) in [6.07, 6.45) is 7.18. The average molecular weight is 441 g/mol. The molecule has 0 saturated carbocycles. The molecule has 164 valence electrons. The number of non-ortho nitro benzene ring substituents is 1. The molecule has 0 spiro atoms. The van der Waals surface area contributed by atoms with Crippen LogP contribution in [0.1, 0.15) is 43.5 Å². The second kappa shape index (κ2) is 9.37. The zero-order chi connectivity index (χ0) is 20.5. The van der Waals surface area contributed by atoms with Gasteiger partial charge in [0.05, 0.1) is 16.0 Å². The number of aromatic nitrogens is 2. The monoisotopic (exact) mass is 440 g/mol. The molecule has 3 heterocycles. The molecule has 6 nitrogen and oxygen atoms in total. The molecule has 2 atom stereocenters. The number of imidazole rings is 1. The van der Waals surface area contributed by atoms with Gasteiger partial charge < -0.3 is 9.47 Å². The van der Waals surface area contributed by atoms with E-state index in [1.54, 1.807) is 12.1 Å². The summed E-state index contributed by atoms with van der Waals surface area (Å²) in [5.74, 6) is 1.62. The van der Waals surface area contributed by atoms with E-state index in [-0.39, 0.29) is 23.0 Å². The fourth-order valence-corrected chi connectivity index (χ4v) is 5.42. The van der Waals surface area contributed by atoms with E-state index in [9.17, 15) is 10.1 Å². The summed E-state index contributed by atoms with van der Waals surface area (Å²) in [6.45, 7) is 3.40. The van der Waals surface area contributed by atoms with Crippen molar-refractivity contribution in [2.45, 2.75) is 51.1 Å². The summed E-state index contributed by atoms with van der Waals surface area (Å²) in [5, 5.41) is 11.3. The van der Waals surface area contributed by atoms with E-state index >= 15 is 0 Å². The molecule has 7 heteroatoms. The fourth-order valence-electron chi connectivity index (χ4n) is 5.42. The van der Waals surface area contributed by atoms with Gasteiger partial charge in [0.1, 0.15) is 5.82 Å². The summed E-state index contributed by atoms with van der Waals surface area (Å²) < 4.78 is 2.34. The third-order valence-corrected chi connectivity index (χ3v) is 6.87. The van der Waals surface area contributed by atoms with Crippen molar-refractivity contribution in [3.63, 3.8) is 0 Å². The maximum absolute atomic E-state index is 11.3. The van der Waals surface area contributed by atoms with Crippen molar-refractivity contribution in [1.82, 2.24) is 14.5 Å². The van der Waals surface area contributed by atoms with Crippen LogP contribution in [0, 0.1) is 16.0 Å². The van der Waals surface area contributed by atoms with E-state index in [2.05, 4.69) is 21.6 Å². The molecular weight excluding hydrogens is 412 g/mol. The highest BCUT2D eigenvalue weighted by Gasteiger charge is 2.33. The van der Waals surface area contributed by atoms with E-state index < -0.39 is 0 Å². The molecule has 5 rings (SSSR count). The highest BCUT2D eigenvalue weighted by molar-refractivity contribution is 5.85. The Balaban J connectivity index is 0.00000231. The second-order valence-corrected chi connectivity index (χ2v) is 8.73. The van der Waals surface area contributed by atoms with Gasteiger partial charge in [-0.1, -0.05) is 36.8 Å². The van der Waals surface area contributed by atoms with Gasteiger partial charge in [0.2, 0.25) is 0 Å². The molecule has 0 radical (unpaired) electrons. The number of benzene rings is 2. The van der Waals surface area contributed by atoms with Crippen LogP contribution >= 0.6 is 12.4 Å². The van der Waals surface area contributed by atoms with Crippen LogP contribution in [-0.4, -0.2) is 38.5 Å². The van der Waals surface area contributed by atoms with E-state index in [4.69, 9.17) is 4.98 Å². The molecule has 2 fully saturated rings. The maximum atomic E-state index is 11.3. The van der Waals surface area contributed by atoms with Gasteiger partial charge in [-0.05, 0) is 56.3 Å². The van der Waals surface area contributed by atoms with Crippen LogP contribution in [0.5, 0.6) is 0 Å². The summed E-state index contributed by atoms with van der Waals surface area (Å²) in [7, 11) is 0. The third-order valence-electron chi connectivity index (χ3n) is 6.87. The first-order valence-corrected chi connectivity index (χ1v) is 11.1. The third kappa shape index (κ3) is 4.46. The van der Waals surface area contributed by atoms with Crippen LogP contribution in [0.3, 0.4) is 0 Å². The smallest absolute Gasteiger partial charge is 0.271 e. The molecule has 1 unspecified atom stereocenters. The quantitative estimate of drug-likeness (QED) is 0.403. The standard InChI is InChI=1S/C24H28N4O2.ClH/c29-28(30)20-11-12-23-21(16-20)25-24(15-18-7-2-1-3-8-18)27(23)17-19-9-6-14-26-13-5-4-10-22(19)26;/h1-3,7-8,11-12,16,19,22H,4-6,9-10,13-15,17H2;1H/t19-,22?;/m0./s1. The predicted molar refractivity (Wildman–Crippen MR) is 125 cm³/mol. The Hall–Kier alpha value is -2.44. The summed E-state index contributed by atoms with van der Waals surface area (Å²) in [4.78, 5) is 18.5. The number of hydrogen-bond donors (Lipinski definition) is 0. The van der Waals surface area contributed by atoms with Crippen molar-refractivity contribution in [1.29, 1.82) is 0 Å². The fraction of sp³-hybridized carbons (Fsp3) is 0.458. The SMILES string of the molecule is Cl.O=[N+]([O-])c1ccc2c(c1)nc(Cc1ccccc1)n2C[C@@H]1CCCN2CCCCC12. The second-order valence-electron chi connectivity index (χ2n) is 8.73. The van der Waals surface area contributed by atoms with Gasteiger partial charge in [0.25, 0.3) is 5.69 Å². The molecule has 2 aliphatic heterocycles. The minimum absolute atomic E-state index is 0. The highest BCUT2D eigenvalue weighted by atomic mass is 35.5. The zero-order valence-corrected chi connectivity index (χ0v) is 18.5. The molecule has 2 saturated heterocycles. The number of fused-ring (bicyclic) bond motifs is 2. The predicted octanol–water partition coefficient (Wildman–Crippen LogP) is 5.22. The molecule has 0 N–H and O–H groups in total. The first kappa shape index (κ1) is 21.8. The van der Waals surface area contributed by atoms with E-state index in [0.29, 0.717) is 12.0 Å². The highest BCUT2D eigenvalue weighted by Crippen LogP contribution is 2.33. The Morgan fingerprint density at radius 3 is 2.65 bits per heavy atom. The maximum Gasteiger partial charge on any atom is 0.271 e. The minimum Gasteiger partial charge on any atom is -0.327 e. The van der Waals surface area contributed by atoms with E-state index in [0.717, 1.165) is 29.8 Å². The Kier molecular flexibility index (Phi) is 6.58. The van der Waals surface area contributed by atoms with E-state index in [1.165, 1.54) is 50.8 Å². The first-order valence-electron chi connectivity index (χ1n) is 11.1. The largest absolute Gasteiger partial charge is 0.327 e. The number of piperidine rings is 2.